The molecule has 0 unspecified atom stereocenters. The first kappa shape index (κ1) is 10.7. The molecule has 2 nitrogen and oxygen atoms in total. The van der Waals surface area contributed by atoms with E-state index >= 15 is 0 Å². The third-order valence-electron chi connectivity index (χ3n) is 0.500. The monoisotopic (exact) mass is 212 g/mol. The Morgan fingerprint density at radius 2 is 1.57 bits per heavy atom. The Kier molecular flexibility index (Phi) is 24.2. The molecule has 44 valence electrons. The molecule has 0 aromatic carbocycles. The van der Waals surface area contributed by atoms with E-state index in [4.69, 9.17) is 5.26 Å². The van der Waals surface area contributed by atoms with Crippen molar-refractivity contribution >= 4 is 22.9 Å². The topological polar surface area (TPSA) is 29.5 Å². The standard InChI is InChI=1S/C4H10.H2O2.Sn.H/c1-3-4-2;1-2;;/h3-4H2,1-2H3;1-2H;;/q;;+1;/p-1. The van der Waals surface area contributed by atoms with Crippen LogP contribution in [0.25, 0.3) is 0 Å². The summed E-state index contributed by atoms with van der Waals surface area (Å²) in [5, 5.41) is 7.13. The van der Waals surface area contributed by atoms with E-state index < -0.39 is 0 Å². The molecular weight excluding hydrogens is 199 g/mol. The molecule has 0 aliphatic carbocycles. The van der Waals surface area contributed by atoms with E-state index in [1.807, 2.05) is 0 Å². The van der Waals surface area contributed by atoms with E-state index in [1.165, 1.54) is 12.8 Å². The molecule has 0 fully saturated rings. The van der Waals surface area contributed by atoms with Gasteiger partial charge in [-0.3, -0.25) is 0 Å². The zero-order valence-corrected chi connectivity index (χ0v) is 8.14. The molecular formula is C4H12O2Sn. The van der Waals surface area contributed by atoms with Crippen molar-refractivity contribution in [2.75, 3.05) is 0 Å². The maximum absolute atomic E-state index is 7.13. The second-order valence-electron chi connectivity index (χ2n) is 1.11. The van der Waals surface area contributed by atoms with Gasteiger partial charge in [0.15, 0.2) is 0 Å². The van der Waals surface area contributed by atoms with Crippen molar-refractivity contribution in [2.45, 2.75) is 26.7 Å². The Labute approximate surface area is 58.4 Å². The van der Waals surface area contributed by atoms with Crippen LogP contribution < -0.4 is 0 Å². The van der Waals surface area contributed by atoms with Gasteiger partial charge in [0.2, 0.25) is 0 Å². The molecule has 7 heavy (non-hydrogen) atoms. The molecule has 2 radical (unpaired) electrons. The van der Waals surface area contributed by atoms with Gasteiger partial charge >= 0.3 is 31.4 Å². The van der Waals surface area contributed by atoms with Gasteiger partial charge in [0.1, 0.15) is 0 Å². The number of rotatable bonds is 1. The predicted molar refractivity (Wildman–Crippen MR) is 31.4 cm³/mol. The third kappa shape index (κ3) is 50.6. The maximum atomic E-state index is 7.13. The molecule has 0 rings (SSSR count). The number of hydrogen-bond acceptors (Lipinski definition) is 2. The van der Waals surface area contributed by atoms with E-state index in [0.29, 0.717) is 22.9 Å². The first-order chi connectivity index (χ1) is 3.33. The fourth-order valence-electron chi connectivity index (χ4n) is 0. The molecule has 1 N–H and O–H groups in total. The van der Waals surface area contributed by atoms with Gasteiger partial charge in [-0.2, -0.15) is 0 Å². The Balaban J connectivity index is 0. The van der Waals surface area contributed by atoms with E-state index in [0.717, 1.165) is 0 Å². The first-order valence-corrected chi connectivity index (χ1v) is 3.68. The second kappa shape index (κ2) is 15.9. The van der Waals surface area contributed by atoms with Gasteiger partial charge in [0.25, 0.3) is 0 Å². The minimum atomic E-state index is 0.473. The average Bonchev–Trinajstić information content (AvgIpc) is 1.69. The quantitative estimate of drug-likeness (QED) is 0.399. The molecule has 3 heteroatoms. The van der Waals surface area contributed by atoms with E-state index in [-0.39, 0.29) is 0 Å². The van der Waals surface area contributed by atoms with Gasteiger partial charge in [-0.05, 0) is 0 Å². The van der Waals surface area contributed by atoms with Crippen molar-refractivity contribution in [1.82, 2.24) is 0 Å². The van der Waals surface area contributed by atoms with Crippen molar-refractivity contribution in [3.05, 3.63) is 0 Å². The van der Waals surface area contributed by atoms with E-state index in [9.17, 15) is 0 Å². The molecule has 0 aromatic rings. The van der Waals surface area contributed by atoms with Crippen LogP contribution in [0, 0.1) is 0 Å². The summed E-state index contributed by atoms with van der Waals surface area (Å²) in [6, 6.07) is 0. The minimum absolute atomic E-state index is 0.473. The van der Waals surface area contributed by atoms with Gasteiger partial charge in [-0.25, -0.2) is 0 Å². The van der Waals surface area contributed by atoms with Crippen molar-refractivity contribution in [1.29, 1.82) is 0 Å². The molecule has 0 amide bonds. The molecule has 0 aliphatic rings. The fraction of sp³-hybridized carbons (Fsp3) is 1.00. The van der Waals surface area contributed by atoms with Crippen LogP contribution in [0.2, 0.25) is 0 Å². The average molecular weight is 211 g/mol. The molecule has 0 saturated heterocycles. The number of unbranched alkanes of at least 4 members (excludes halogenated alkanes) is 1. The summed E-state index contributed by atoms with van der Waals surface area (Å²) in [7, 11) is 0. The van der Waals surface area contributed by atoms with Crippen LogP contribution in [0.15, 0.2) is 0 Å². The summed E-state index contributed by atoms with van der Waals surface area (Å²) in [5.41, 5.74) is 0. The summed E-state index contributed by atoms with van der Waals surface area (Å²) in [4.78, 5) is 0. The Bertz CT molecular complexity index is 17.2. The van der Waals surface area contributed by atoms with Crippen molar-refractivity contribution < 1.29 is 8.48 Å². The van der Waals surface area contributed by atoms with Gasteiger partial charge in [0, 0.05) is 0 Å². The molecule has 0 saturated carbocycles. The predicted octanol–water partition coefficient (Wildman–Crippen LogP) is 1.10. The summed E-state index contributed by atoms with van der Waals surface area (Å²) in [6.45, 7) is 4.36. The number of hydrogen-bond donors (Lipinski definition) is 1. The van der Waals surface area contributed by atoms with Gasteiger partial charge in [-0.1, -0.05) is 26.7 Å². The van der Waals surface area contributed by atoms with Crippen LogP contribution in [0.4, 0.5) is 0 Å². The van der Waals surface area contributed by atoms with Crippen LogP contribution in [-0.4, -0.2) is 28.2 Å². The molecule has 0 aromatic heterocycles. The first-order valence-electron chi connectivity index (χ1n) is 2.33. The Hall–Kier alpha value is 0.719. The molecule has 0 atom stereocenters. The summed E-state index contributed by atoms with van der Waals surface area (Å²) in [6.07, 6.45) is 2.64. The van der Waals surface area contributed by atoms with Crippen molar-refractivity contribution in [3.63, 3.8) is 0 Å². The molecule has 0 spiro atoms. The summed E-state index contributed by atoms with van der Waals surface area (Å²) < 4.78 is 3.38. The summed E-state index contributed by atoms with van der Waals surface area (Å²) >= 11 is 0.473. The van der Waals surface area contributed by atoms with E-state index in [2.05, 4.69) is 17.1 Å². The SMILES string of the molecule is CCCC.O[O][SnH]. The van der Waals surface area contributed by atoms with Gasteiger partial charge in [-0.15, -0.1) is 0 Å². The Morgan fingerprint density at radius 3 is 1.57 bits per heavy atom. The van der Waals surface area contributed by atoms with Gasteiger partial charge in [0.05, 0.1) is 0 Å². The molecule has 0 aliphatic heterocycles. The fourth-order valence-corrected chi connectivity index (χ4v) is 0. The normalized spacial score (nSPS) is 6.86. The van der Waals surface area contributed by atoms with Crippen molar-refractivity contribution in [2.24, 2.45) is 0 Å². The molecule has 0 bridgehead atoms. The zero-order valence-electron chi connectivity index (χ0n) is 4.85. The molecule has 0 heterocycles. The summed E-state index contributed by atoms with van der Waals surface area (Å²) in [5.74, 6) is 0. The third-order valence-corrected chi connectivity index (χ3v) is 0.500. The van der Waals surface area contributed by atoms with Crippen LogP contribution in [0.3, 0.4) is 0 Å². The Morgan fingerprint density at radius 1 is 1.43 bits per heavy atom. The van der Waals surface area contributed by atoms with Crippen molar-refractivity contribution in [3.8, 4) is 0 Å². The zero-order chi connectivity index (χ0) is 6.12. The van der Waals surface area contributed by atoms with Crippen LogP contribution >= 0.6 is 0 Å². The van der Waals surface area contributed by atoms with Gasteiger partial charge < -0.3 is 0 Å². The second-order valence-corrected chi connectivity index (χ2v) is 1.71. The van der Waals surface area contributed by atoms with Crippen LogP contribution in [-0.2, 0) is 3.22 Å². The van der Waals surface area contributed by atoms with Crippen LogP contribution in [0.1, 0.15) is 26.7 Å². The van der Waals surface area contributed by atoms with E-state index in [1.54, 1.807) is 0 Å². The van der Waals surface area contributed by atoms with Crippen LogP contribution in [0.5, 0.6) is 0 Å².